The largest absolute Gasteiger partial charge is 0.497 e. The molecule has 4 rings (SSSR count). The van der Waals surface area contributed by atoms with E-state index in [9.17, 15) is 9.59 Å². The second kappa shape index (κ2) is 8.42. The van der Waals surface area contributed by atoms with Crippen LogP contribution in [0.1, 0.15) is 5.56 Å². The van der Waals surface area contributed by atoms with E-state index in [2.05, 4.69) is 20.4 Å². The molecule has 2 N–H and O–H groups in total. The summed E-state index contributed by atoms with van der Waals surface area (Å²) >= 11 is 1.15. The minimum Gasteiger partial charge on any atom is -0.497 e. The van der Waals surface area contributed by atoms with Crippen molar-refractivity contribution in [3.8, 4) is 11.4 Å². The monoisotopic (exact) mass is 421 g/mol. The number of H-pyrrole nitrogens is 1. The molecule has 0 radical (unpaired) electrons. The summed E-state index contributed by atoms with van der Waals surface area (Å²) < 4.78 is 6.72. The second-order valence-corrected chi connectivity index (χ2v) is 7.53. The molecule has 4 aromatic rings. The van der Waals surface area contributed by atoms with Crippen LogP contribution >= 0.6 is 11.8 Å². The van der Waals surface area contributed by atoms with Gasteiger partial charge in [0.15, 0.2) is 10.8 Å². The molecule has 0 aliphatic heterocycles. The topological polar surface area (TPSA) is 102 Å². The number of ether oxygens (including phenoxy) is 1. The van der Waals surface area contributed by atoms with Gasteiger partial charge in [0.2, 0.25) is 5.91 Å². The first-order valence-corrected chi connectivity index (χ1v) is 10.1. The highest BCUT2D eigenvalue weighted by Crippen LogP contribution is 2.19. The maximum absolute atomic E-state index is 12.4. The van der Waals surface area contributed by atoms with E-state index in [-0.39, 0.29) is 17.2 Å². The molecule has 0 aliphatic carbocycles. The summed E-state index contributed by atoms with van der Waals surface area (Å²) in [4.78, 5) is 31.9. The van der Waals surface area contributed by atoms with Crippen molar-refractivity contribution in [2.45, 2.75) is 12.1 Å². The number of nitrogens with zero attached hydrogens (tertiary/aromatic N) is 3. The number of aromatic amines is 1. The summed E-state index contributed by atoms with van der Waals surface area (Å²) in [6.45, 7) is 2.00. The molecule has 0 unspecified atom stereocenters. The van der Waals surface area contributed by atoms with Crippen LogP contribution in [0.25, 0.3) is 16.7 Å². The Morgan fingerprint density at radius 3 is 2.60 bits per heavy atom. The minimum atomic E-state index is -0.295. The van der Waals surface area contributed by atoms with Gasteiger partial charge >= 0.3 is 0 Å². The molecule has 0 aliphatic rings. The Balaban J connectivity index is 1.51. The Bertz CT molecular complexity index is 1250. The van der Waals surface area contributed by atoms with Gasteiger partial charge in [-0.1, -0.05) is 29.5 Å². The molecule has 9 heteroatoms. The van der Waals surface area contributed by atoms with Gasteiger partial charge in [0, 0.05) is 5.69 Å². The van der Waals surface area contributed by atoms with Crippen LogP contribution in [0.3, 0.4) is 0 Å². The molecule has 0 saturated carbocycles. The van der Waals surface area contributed by atoms with E-state index in [0.29, 0.717) is 27.6 Å². The normalized spacial score (nSPS) is 10.9. The lowest BCUT2D eigenvalue weighted by molar-refractivity contribution is -0.113. The van der Waals surface area contributed by atoms with Crippen LogP contribution in [0.2, 0.25) is 0 Å². The van der Waals surface area contributed by atoms with E-state index in [0.717, 1.165) is 23.0 Å². The summed E-state index contributed by atoms with van der Waals surface area (Å²) in [5, 5.41) is 7.84. The average molecular weight is 421 g/mol. The van der Waals surface area contributed by atoms with Crippen molar-refractivity contribution in [1.82, 2.24) is 19.7 Å². The fourth-order valence-corrected chi connectivity index (χ4v) is 3.50. The molecular weight excluding hydrogens is 402 g/mol. The van der Waals surface area contributed by atoms with Gasteiger partial charge < -0.3 is 15.0 Å². The zero-order valence-electron chi connectivity index (χ0n) is 16.4. The molecule has 0 spiro atoms. The van der Waals surface area contributed by atoms with Crippen molar-refractivity contribution in [1.29, 1.82) is 0 Å². The van der Waals surface area contributed by atoms with Crippen LogP contribution < -0.4 is 15.6 Å². The maximum atomic E-state index is 12.4. The fourth-order valence-electron chi connectivity index (χ4n) is 2.85. The molecule has 1 amide bonds. The number of benzene rings is 2. The third-order valence-electron chi connectivity index (χ3n) is 4.41. The van der Waals surface area contributed by atoms with Gasteiger partial charge in [-0.3, -0.25) is 9.59 Å². The van der Waals surface area contributed by atoms with E-state index < -0.39 is 0 Å². The lowest BCUT2D eigenvalue weighted by atomic mass is 10.2. The summed E-state index contributed by atoms with van der Waals surface area (Å²) in [5.41, 5.74) is 2.75. The van der Waals surface area contributed by atoms with Gasteiger partial charge in [0.05, 0.1) is 24.7 Å². The van der Waals surface area contributed by atoms with Crippen LogP contribution in [0.4, 0.5) is 5.69 Å². The first-order chi connectivity index (χ1) is 14.5. The lowest BCUT2D eigenvalue weighted by Crippen LogP contribution is -2.15. The quantitative estimate of drug-likeness (QED) is 0.366. The van der Waals surface area contributed by atoms with Crippen LogP contribution in [0.5, 0.6) is 5.75 Å². The SMILES string of the molecule is COc1ccc(NC(=O)CSc2nc3c(cnn3-c3ccc(C)cc3)c(=O)[nH]2)cc1. The molecule has 0 bridgehead atoms. The smallest absolute Gasteiger partial charge is 0.262 e. The van der Waals surface area contributed by atoms with Crippen molar-refractivity contribution < 1.29 is 9.53 Å². The Morgan fingerprint density at radius 2 is 1.90 bits per heavy atom. The van der Waals surface area contributed by atoms with Crippen LogP contribution in [-0.2, 0) is 4.79 Å². The predicted octanol–water partition coefficient (Wildman–Crippen LogP) is 3.16. The van der Waals surface area contributed by atoms with Gasteiger partial charge in [0.1, 0.15) is 11.1 Å². The Hall–Kier alpha value is -3.59. The van der Waals surface area contributed by atoms with Gasteiger partial charge in [-0.05, 0) is 43.3 Å². The second-order valence-electron chi connectivity index (χ2n) is 6.57. The number of nitrogens with one attached hydrogen (secondary N) is 2. The van der Waals surface area contributed by atoms with Crippen molar-refractivity contribution in [2.75, 3.05) is 18.2 Å². The molecule has 152 valence electrons. The summed E-state index contributed by atoms with van der Waals surface area (Å²) in [5.74, 6) is 0.599. The number of carbonyl (C=O) groups excluding carboxylic acids is 1. The number of amides is 1. The standard InChI is InChI=1S/C21H19N5O3S/c1-13-3-7-15(8-4-13)26-19-17(11-22-26)20(28)25-21(24-19)30-12-18(27)23-14-5-9-16(29-2)10-6-14/h3-11H,12H2,1-2H3,(H,23,27)(H,24,25,28). The summed E-state index contributed by atoms with van der Waals surface area (Å²) in [7, 11) is 1.58. The minimum absolute atomic E-state index is 0.0964. The molecular formula is C21H19N5O3S. The molecule has 2 aromatic carbocycles. The van der Waals surface area contributed by atoms with Crippen LogP contribution in [0.15, 0.2) is 64.7 Å². The molecule has 2 aromatic heterocycles. The predicted molar refractivity (Wildman–Crippen MR) is 117 cm³/mol. The van der Waals surface area contributed by atoms with Gasteiger partial charge in [-0.15, -0.1) is 0 Å². The molecule has 2 heterocycles. The number of aromatic nitrogens is 4. The molecule has 30 heavy (non-hydrogen) atoms. The summed E-state index contributed by atoms with van der Waals surface area (Å²) in [6.07, 6.45) is 1.49. The third kappa shape index (κ3) is 4.20. The summed E-state index contributed by atoms with van der Waals surface area (Å²) in [6, 6.07) is 14.8. The van der Waals surface area contributed by atoms with E-state index >= 15 is 0 Å². The molecule has 0 atom stereocenters. The van der Waals surface area contributed by atoms with Crippen molar-refractivity contribution >= 4 is 34.4 Å². The number of thioether (sulfide) groups is 1. The lowest BCUT2D eigenvalue weighted by Gasteiger charge is -2.07. The highest BCUT2D eigenvalue weighted by atomic mass is 32.2. The number of anilines is 1. The van der Waals surface area contributed by atoms with Crippen LogP contribution in [-0.4, -0.2) is 38.5 Å². The number of hydrogen-bond acceptors (Lipinski definition) is 6. The highest BCUT2D eigenvalue weighted by molar-refractivity contribution is 7.99. The number of methoxy groups -OCH3 is 1. The number of hydrogen-bond donors (Lipinski definition) is 2. The molecule has 8 nitrogen and oxygen atoms in total. The van der Waals surface area contributed by atoms with Gasteiger partial charge in [-0.25, -0.2) is 9.67 Å². The Kier molecular flexibility index (Phi) is 5.53. The zero-order valence-corrected chi connectivity index (χ0v) is 17.2. The maximum Gasteiger partial charge on any atom is 0.262 e. The Morgan fingerprint density at radius 1 is 1.17 bits per heavy atom. The average Bonchev–Trinajstić information content (AvgIpc) is 3.18. The molecule has 0 fully saturated rings. The van der Waals surface area contributed by atoms with E-state index in [1.54, 1.807) is 36.1 Å². The molecule has 0 saturated heterocycles. The third-order valence-corrected chi connectivity index (χ3v) is 5.28. The number of aryl methyl sites for hydroxylation is 1. The highest BCUT2D eigenvalue weighted by Gasteiger charge is 2.13. The number of carbonyl (C=O) groups is 1. The van der Waals surface area contributed by atoms with E-state index in [1.165, 1.54) is 6.20 Å². The van der Waals surface area contributed by atoms with Crippen molar-refractivity contribution in [3.05, 3.63) is 70.6 Å². The first kappa shape index (κ1) is 19.7. The number of rotatable bonds is 6. The van der Waals surface area contributed by atoms with Gasteiger partial charge in [0.25, 0.3) is 5.56 Å². The van der Waals surface area contributed by atoms with Crippen molar-refractivity contribution in [2.24, 2.45) is 0 Å². The van der Waals surface area contributed by atoms with Crippen molar-refractivity contribution in [3.63, 3.8) is 0 Å². The van der Waals surface area contributed by atoms with Crippen LogP contribution in [0, 0.1) is 6.92 Å². The Labute approximate surface area is 176 Å². The fraction of sp³-hybridized carbons (Fsp3) is 0.143. The zero-order chi connectivity index (χ0) is 21.1. The van der Waals surface area contributed by atoms with E-state index in [4.69, 9.17) is 4.74 Å². The number of fused-ring (bicyclic) bond motifs is 1. The first-order valence-electron chi connectivity index (χ1n) is 9.15. The van der Waals surface area contributed by atoms with E-state index in [1.807, 2.05) is 31.2 Å². The van der Waals surface area contributed by atoms with Gasteiger partial charge in [-0.2, -0.15) is 5.10 Å².